The van der Waals surface area contributed by atoms with Crippen molar-refractivity contribution in [1.29, 1.82) is 0 Å². The summed E-state index contributed by atoms with van der Waals surface area (Å²) < 4.78 is 2.18. The number of amides is 1. The minimum absolute atomic E-state index is 0.0495. The molecule has 3 nitrogen and oxygen atoms in total. The molecule has 0 radical (unpaired) electrons. The molecule has 114 valence electrons. The minimum Gasteiger partial charge on any atom is -0.350 e. The van der Waals surface area contributed by atoms with Crippen LogP contribution in [0.2, 0.25) is 0 Å². The molecule has 1 heterocycles. The van der Waals surface area contributed by atoms with Gasteiger partial charge in [0.05, 0.1) is 0 Å². The summed E-state index contributed by atoms with van der Waals surface area (Å²) in [4.78, 5) is 12.6. The van der Waals surface area contributed by atoms with E-state index < -0.39 is 0 Å². The van der Waals surface area contributed by atoms with Crippen LogP contribution in [-0.2, 0) is 6.54 Å². The Labute approximate surface area is 127 Å². The second kappa shape index (κ2) is 6.79. The van der Waals surface area contributed by atoms with E-state index >= 15 is 0 Å². The summed E-state index contributed by atoms with van der Waals surface area (Å²) >= 11 is 0. The molecule has 2 aromatic rings. The number of benzene rings is 1. The summed E-state index contributed by atoms with van der Waals surface area (Å²) in [6.07, 6.45) is 2.21. The van der Waals surface area contributed by atoms with Crippen molar-refractivity contribution >= 4 is 16.8 Å². The van der Waals surface area contributed by atoms with Crippen molar-refractivity contribution in [2.45, 2.75) is 47.1 Å². The number of carbonyl (C=O) groups excluding carboxylic acids is 1. The molecule has 0 aliphatic heterocycles. The van der Waals surface area contributed by atoms with E-state index in [0.29, 0.717) is 12.5 Å². The van der Waals surface area contributed by atoms with E-state index in [0.717, 1.165) is 36.2 Å². The van der Waals surface area contributed by atoms with Gasteiger partial charge in [-0.2, -0.15) is 0 Å². The van der Waals surface area contributed by atoms with Gasteiger partial charge in [-0.15, -0.1) is 0 Å². The highest BCUT2D eigenvalue weighted by Gasteiger charge is 2.19. The summed E-state index contributed by atoms with van der Waals surface area (Å²) in [7, 11) is 0. The Balaban J connectivity index is 2.44. The highest BCUT2D eigenvalue weighted by molar-refractivity contribution is 6.01. The zero-order valence-corrected chi connectivity index (χ0v) is 13.6. The number of fused-ring (bicyclic) bond motifs is 1. The van der Waals surface area contributed by atoms with Crippen LogP contribution >= 0.6 is 0 Å². The van der Waals surface area contributed by atoms with Crippen LogP contribution in [0.15, 0.2) is 24.3 Å². The maximum Gasteiger partial charge on any atom is 0.268 e. The number of aryl methyl sites for hydroxylation is 2. The van der Waals surface area contributed by atoms with Gasteiger partial charge in [0.25, 0.3) is 5.91 Å². The van der Waals surface area contributed by atoms with Crippen LogP contribution < -0.4 is 5.32 Å². The third-order valence-corrected chi connectivity index (χ3v) is 3.85. The molecule has 0 saturated carbocycles. The molecular formula is C18H26N2O. The van der Waals surface area contributed by atoms with Gasteiger partial charge in [-0.3, -0.25) is 4.79 Å². The Hall–Kier alpha value is -1.77. The van der Waals surface area contributed by atoms with Gasteiger partial charge in [-0.1, -0.05) is 45.4 Å². The smallest absolute Gasteiger partial charge is 0.268 e. The van der Waals surface area contributed by atoms with Crippen LogP contribution in [0, 0.1) is 12.8 Å². The standard InChI is InChI=1S/C18H26N2O/c1-5-6-11-20-16-10-8-7-9-15(16)14(4)17(20)18(21)19-12-13(2)3/h7-10,13H,5-6,11-12H2,1-4H3,(H,19,21). The lowest BCUT2D eigenvalue weighted by Gasteiger charge is -2.12. The van der Waals surface area contributed by atoms with Crippen LogP contribution in [0.3, 0.4) is 0 Å². The molecule has 0 aliphatic carbocycles. The first-order chi connectivity index (χ1) is 10.1. The second-order valence-electron chi connectivity index (χ2n) is 6.10. The Morgan fingerprint density at radius 2 is 2.00 bits per heavy atom. The van der Waals surface area contributed by atoms with Gasteiger partial charge in [-0.25, -0.2) is 0 Å². The number of para-hydroxylation sites is 1. The first-order valence-electron chi connectivity index (χ1n) is 7.92. The van der Waals surface area contributed by atoms with E-state index in [1.54, 1.807) is 0 Å². The molecule has 0 spiro atoms. The number of aromatic nitrogens is 1. The fraction of sp³-hybridized carbons (Fsp3) is 0.500. The SMILES string of the molecule is CCCCn1c(C(=O)NCC(C)C)c(C)c2ccccc21. The molecule has 0 atom stereocenters. The van der Waals surface area contributed by atoms with E-state index in [2.05, 4.69) is 49.7 Å². The normalized spacial score (nSPS) is 11.3. The monoisotopic (exact) mass is 286 g/mol. The van der Waals surface area contributed by atoms with Crippen molar-refractivity contribution in [2.75, 3.05) is 6.54 Å². The van der Waals surface area contributed by atoms with Crippen LogP contribution in [-0.4, -0.2) is 17.0 Å². The minimum atomic E-state index is 0.0495. The Morgan fingerprint density at radius 1 is 1.29 bits per heavy atom. The van der Waals surface area contributed by atoms with Gasteiger partial charge in [0.1, 0.15) is 5.69 Å². The summed E-state index contributed by atoms with van der Waals surface area (Å²) in [5, 5.41) is 4.24. The van der Waals surface area contributed by atoms with Crippen molar-refractivity contribution < 1.29 is 4.79 Å². The zero-order chi connectivity index (χ0) is 15.4. The quantitative estimate of drug-likeness (QED) is 0.851. The number of hydrogen-bond donors (Lipinski definition) is 1. The summed E-state index contributed by atoms with van der Waals surface area (Å²) in [5.74, 6) is 0.510. The highest BCUT2D eigenvalue weighted by Crippen LogP contribution is 2.26. The van der Waals surface area contributed by atoms with Gasteiger partial charge in [0.2, 0.25) is 0 Å². The fourth-order valence-electron chi connectivity index (χ4n) is 2.70. The van der Waals surface area contributed by atoms with Crippen molar-refractivity contribution in [3.63, 3.8) is 0 Å². The van der Waals surface area contributed by atoms with Crippen molar-refractivity contribution in [3.05, 3.63) is 35.5 Å². The number of nitrogens with one attached hydrogen (secondary N) is 1. The van der Waals surface area contributed by atoms with Crippen LogP contribution in [0.1, 0.15) is 49.7 Å². The summed E-state index contributed by atoms with van der Waals surface area (Å²) in [6.45, 7) is 10.1. The first kappa shape index (κ1) is 15.6. The lowest BCUT2D eigenvalue weighted by atomic mass is 10.1. The summed E-state index contributed by atoms with van der Waals surface area (Å²) in [5.41, 5.74) is 3.08. The molecule has 21 heavy (non-hydrogen) atoms. The van der Waals surface area contributed by atoms with Crippen molar-refractivity contribution in [2.24, 2.45) is 5.92 Å². The number of rotatable bonds is 6. The average molecular weight is 286 g/mol. The molecule has 0 aliphatic rings. The van der Waals surface area contributed by atoms with Gasteiger partial charge >= 0.3 is 0 Å². The molecule has 3 heteroatoms. The fourth-order valence-corrected chi connectivity index (χ4v) is 2.70. The molecule has 1 aromatic carbocycles. The van der Waals surface area contributed by atoms with E-state index in [1.165, 1.54) is 5.39 Å². The van der Waals surface area contributed by atoms with Crippen molar-refractivity contribution in [1.82, 2.24) is 9.88 Å². The van der Waals surface area contributed by atoms with E-state index in [9.17, 15) is 4.79 Å². The van der Waals surface area contributed by atoms with E-state index in [-0.39, 0.29) is 5.91 Å². The van der Waals surface area contributed by atoms with Crippen molar-refractivity contribution in [3.8, 4) is 0 Å². The molecule has 2 rings (SSSR count). The van der Waals surface area contributed by atoms with E-state index in [1.807, 2.05) is 12.1 Å². The maximum atomic E-state index is 12.6. The third kappa shape index (κ3) is 3.29. The Kier molecular flexibility index (Phi) is 5.05. The topological polar surface area (TPSA) is 34.0 Å². The lowest BCUT2D eigenvalue weighted by Crippen LogP contribution is -2.29. The molecular weight excluding hydrogens is 260 g/mol. The second-order valence-corrected chi connectivity index (χ2v) is 6.10. The Morgan fingerprint density at radius 3 is 2.67 bits per heavy atom. The van der Waals surface area contributed by atoms with Gasteiger partial charge < -0.3 is 9.88 Å². The third-order valence-electron chi connectivity index (χ3n) is 3.85. The van der Waals surface area contributed by atoms with E-state index in [4.69, 9.17) is 0 Å². The lowest BCUT2D eigenvalue weighted by molar-refractivity contribution is 0.0939. The summed E-state index contributed by atoms with van der Waals surface area (Å²) in [6, 6.07) is 8.29. The number of hydrogen-bond acceptors (Lipinski definition) is 1. The number of nitrogens with zero attached hydrogens (tertiary/aromatic N) is 1. The zero-order valence-electron chi connectivity index (χ0n) is 13.6. The molecule has 0 unspecified atom stereocenters. The first-order valence-corrected chi connectivity index (χ1v) is 7.92. The number of carbonyl (C=O) groups is 1. The van der Waals surface area contributed by atoms with Crippen LogP contribution in [0.25, 0.3) is 10.9 Å². The average Bonchev–Trinajstić information content (AvgIpc) is 2.76. The van der Waals surface area contributed by atoms with Crippen LogP contribution in [0.4, 0.5) is 0 Å². The molecule has 1 amide bonds. The van der Waals surface area contributed by atoms with Gasteiger partial charge in [0, 0.05) is 24.0 Å². The molecule has 0 fully saturated rings. The molecule has 1 N–H and O–H groups in total. The Bertz CT molecular complexity index is 625. The molecule has 0 bridgehead atoms. The molecule has 0 saturated heterocycles. The van der Waals surface area contributed by atoms with Gasteiger partial charge in [-0.05, 0) is 30.9 Å². The molecule has 1 aromatic heterocycles. The highest BCUT2D eigenvalue weighted by atomic mass is 16.1. The maximum absolute atomic E-state index is 12.6. The largest absolute Gasteiger partial charge is 0.350 e. The predicted molar refractivity (Wildman–Crippen MR) is 88.8 cm³/mol. The van der Waals surface area contributed by atoms with Gasteiger partial charge in [0.15, 0.2) is 0 Å². The predicted octanol–water partition coefficient (Wildman–Crippen LogP) is 4.14. The number of unbranched alkanes of at least 4 members (excludes halogenated alkanes) is 1. The van der Waals surface area contributed by atoms with Crippen LogP contribution in [0.5, 0.6) is 0 Å².